The van der Waals surface area contributed by atoms with Crippen LogP contribution in [0.3, 0.4) is 0 Å². The van der Waals surface area contributed by atoms with E-state index in [0.29, 0.717) is 0 Å². The van der Waals surface area contributed by atoms with Crippen LogP contribution in [0.4, 0.5) is 0 Å². The number of aliphatic imine (C=N–C) groups is 1. The van der Waals surface area contributed by atoms with E-state index in [9.17, 15) is 0 Å². The second kappa shape index (κ2) is 10.0. The molecule has 1 aromatic carbocycles. The zero-order valence-electron chi connectivity index (χ0n) is 9.43. The van der Waals surface area contributed by atoms with E-state index in [0.717, 1.165) is 29.6 Å². The lowest BCUT2D eigenvalue weighted by molar-refractivity contribution is 0.813. The first-order valence-corrected chi connectivity index (χ1v) is 6.90. The fourth-order valence-electron chi connectivity index (χ4n) is 1.17. The number of thioether (sulfide) groups is 1. The minimum absolute atomic E-state index is 0. The lowest BCUT2D eigenvalue weighted by Gasteiger charge is -2.03. The third-order valence-electron chi connectivity index (χ3n) is 1.94. The number of unbranched alkanes of at least 4 members (excludes halogenated alkanes) is 1. The number of hydrogen-bond acceptors (Lipinski definition) is 2. The predicted molar refractivity (Wildman–Crippen MR) is 90.2 cm³/mol. The fraction of sp³-hybridized carbons (Fsp3) is 0.364. The van der Waals surface area contributed by atoms with Crippen LogP contribution in [0.25, 0.3) is 0 Å². The molecule has 1 rings (SSSR count). The minimum atomic E-state index is 0. The summed E-state index contributed by atoms with van der Waals surface area (Å²) in [4.78, 5) is 5.22. The molecule has 0 atom stereocenters. The normalized spacial score (nSPS) is 9.47. The Balaban J connectivity index is 0.00000256. The second-order valence-electron chi connectivity index (χ2n) is 3.29. The average molecular weight is 430 g/mol. The van der Waals surface area contributed by atoms with Crippen molar-refractivity contribution in [1.29, 1.82) is 0 Å². The van der Waals surface area contributed by atoms with Gasteiger partial charge in [-0.25, -0.2) is 0 Å². The number of halogens is 2. The number of rotatable bonds is 6. The zero-order valence-corrected chi connectivity index (χ0v) is 14.2. The highest BCUT2D eigenvalue weighted by molar-refractivity contribution is 14.0. The van der Waals surface area contributed by atoms with Gasteiger partial charge in [0.2, 0.25) is 0 Å². The Bertz CT molecular complexity index is 356. The summed E-state index contributed by atoms with van der Waals surface area (Å²) in [7, 11) is 0. The molecule has 0 amide bonds. The standard InChI is InChI=1S/C11H16BrN3S.HI/c12-9-5-1-2-6-10(9)16-8-4-3-7-15-11(13)14;/h1-2,5-6H,3-4,7-8H2,(H4,13,14,15);1H. The number of nitrogens with two attached hydrogens (primary N) is 2. The molecule has 0 aliphatic carbocycles. The molecule has 0 bridgehead atoms. The van der Waals surface area contributed by atoms with Crippen LogP contribution in [0.1, 0.15) is 12.8 Å². The van der Waals surface area contributed by atoms with Crippen molar-refractivity contribution in [1.82, 2.24) is 0 Å². The van der Waals surface area contributed by atoms with E-state index in [1.807, 2.05) is 23.9 Å². The van der Waals surface area contributed by atoms with Gasteiger partial charge in [-0.2, -0.15) is 0 Å². The third-order valence-corrected chi connectivity index (χ3v) is 4.05. The highest BCUT2D eigenvalue weighted by atomic mass is 127. The topological polar surface area (TPSA) is 64.4 Å². The van der Waals surface area contributed by atoms with Crippen molar-refractivity contribution in [3.05, 3.63) is 28.7 Å². The third kappa shape index (κ3) is 7.88. The molecule has 17 heavy (non-hydrogen) atoms. The van der Waals surface area contributed by atoms with Crippen LogP contribution in [-0.2, 0) is 0 Å². The Hall–Kier alpha value is 0.0500. The van der Waals surface area contributed by atoms with Gasteiger partial charge >= 0.3 is 0 Å². The van der Waals surface area contributed by atoms with E-state index in [4.69, 9.17) is 11.5 Å². The number of benzene rings is 1. The first-order valence-electron chi connectivity index (χ1n) is 5.13. The fourth-order valence-corrected chi connectivity index (χ4v) is 2.74. The predicted octanol–water partition coefficient (Wildman–Crippen LogP) is 3.21. The van der Waals surface area contributed by atoms with E-state index in [2.05, 4.69) is 33.1 Å². The molecule has 4 N–H and O–H groups in total. The molecule has 0 radical (unpaired) electrons. The second-order valence-corrected chi connectivity index (χ2v) is 5.28. The number of nitrogens with zero attached hydrogens (tertiary/aromatic N) is 1. The van der Waals surface area contributed by atoms with Crippen LogP contribution in [0.15, 0.2) is 38.6 Å². The minimum Gasteiger partial charge on any atom is -0.370 e. The van der Waals surface area contributed by atoms with Crippen molar-refractivity contribution in [3.8, 4) is 0 Å². The first-order chi connectivity index (χ1) is 7.70. The Morgan fingerprint density at radius 3 is 2.59 bits per heavy atom. The monoisotopic (exact) mass is 429 g/mol. The SMILES string of the molecule is I.NC(N)=NCCCCSc1ccccc1Br. The maximum absolute atomic E-state index is 5.23. The molecule has 0 spiro atoms. The van der Waals surface area contributed by atoms with Crippen molar-refractivity contribution >= 4 is 57.6 Å². The molecule has 3 nitrogen and oxygen atoms in total. The molecular formula is C11H17BrIN3S. The van der Waals surface area contributed by atoms with Crippen molar-refractivity contribution in [2.24, 2.45) is 16.5 Å². The molecule has 0 saturated heterocycles. The van der Waals surface area contributed by atoms with Crippen LogP contribution >= 0.6 is 51.7 Å². The molecule has 0 fully saturated rings. The summed E-state index contributed by atoms with van der Waals surface area (Å²) in [5.41, 5.74) is 10.5. The van der Waals surface area contributed by atoms with Gasteiger partial charge in [0.25, 0.3) is 0 Å². The Kier molecular flexibility index (Phi) is 10.0. The van der Waals surface area contributed by atoms with Gasteiger partial charge in [0.15, 0.2) is 5.96 Å². The van der Waals surface area contributed by atoms with E-state index in [1.165, 1.54) is 4.90 Å². The van der Waals surface area contributed by atoms with Gasteiger partial charge in [-0.05, 0) is 46.7 Å². The first kappa shape index (κ1) is 17.1. The number of hydrogen-bond donors (Lipinski definition) is 2. The van der Waals surface area contributed by atoms with Crippen LogP contribution in [0, 0.1) is 0 Å². The van der Waals surface area contributed by atoms with E-state index >= 15 is 0 Å². The molecular weight excluding hydrogens is 413 g/mol. The Morgan fingerprint density at radius 2 is 1.94 bits per heavy atom. The molecule has 0 aromatic heterocycles. The van der Waals surface area contributed by atoms with Gasteiger partial charge in [-0.1, -0.05) is 12.1 Å². The molecule has 0 unspecified atom stereocenters. The zero-order chi connectivity index (χ0) is 11.8. The van der Waals surface area contributed by atoms with Crippen molar-refractivity contribution in [3.63, 3.8) is 0 Å². The maximum atomic E-state index is 5.23. The van der Waals surface area contributed by atoms with E-state index in [-0.39, 0.29) is 29.9 Å². The van der Waals surface area contributed by atoms with Crippen LogP contribution in [-0.4, -0.2) is 18.3 Å². The van der Waals surface area contributed by atoms with Gasteiger partial charge in [-0.15, -0.1) is 35.7 Å². The van der Waals surface area contributed by atoms with Gasteiger partial charge < -0.3 is 11.5 Å². The highest BCUT2D eigenvalue weighted by Crippen LogP contribution is 2.27. The van der Waals surface area contributed by atoms with E-state index in [1.54, 1.807) is 0 Å². The molecule has 0 heterocycles. The summed E-state index contributed by atoms with van der Waals surface area (Å²) in [5, 5.41) is 0. The molecule has 0 aliphatic rings. The summed E-state index contributed by atoms with van der Waals surface area (Å²) in [6.45, 7) is 0.721. The van der Waals surface area contributed by atoms with Gasteiger partial charge in [-0.3, -0.25) is 4.99 Å². The highest BCUT2D eigenvalue weighted by Gasteiger charge is 1.98. The summed E-state index contributed by atoms with van der Waals surface area (Å²) < 4.78 is 1.16. The van der Waals surface area contributed by atoms with Gasteiger partial charge in [0, 0.05) is 15.9 Å². The largest absolute Gasteiger partial charge is 0.370 e. The van der Waals surface area contributed by atoms with Crippen molar-refractivity contribution in [2.45, 2.75) is 17.7 Å². The van der Waals surface area contributed by atoms with Gasteiger partial charge in [0.05, 0.1) is 0 Å². The summed E-state index contributed by atoms with van der Waals surface area (Å²) in [6.07, 6.45) is 2.14. The average Bonchev–Trinajstić information content (AvgIpc) is 2.25. The van der Waals surface area contributed by atoms with E-state index < -0.39 is 0 Å². The quantitative estimate of drug-likeness (QED) is 0.240. The summed E-state index contributed by atoms with van der Waals surface area (Å²) >= 11 is 5.37. The van der Waals surface area contributed by atoms with Crippen molar-refractivity contribution < 1.29 is 0 Å². The molecule has 0 saturated carbocycles. The summed E-state index contributed by atoms with van der Waals surface area (Å²) in [5.74, 6) is 1.27. The lowest BCUT2D eigenvalue weighted by Crippen LogP contribution is -2.22. The van der Waals surface area contributed by atoms with Crippen LogP contribution in [0.2, 0.25) is 0 Å². The van der Waals surface area contributed by atoms with Gasteiger partial charge in [0.1, 0.15) is 0 Å². The van der Waals surface area contributed by atoms with Crippen molar-refractivity contribution in [2.75, 3.05) is 12.3 Å². The number of guanidine groups is 1. The molecule has 96 valence electrons. The van der Waals surface area contributed by atoms with Crippen LogP contribution in [0.5, 0.6) is 0 Å². The molecule has 6 heteroatoms. The smallest absolute Gasteiger partial charge is 0.185 e. The molecule has 1 aromatic rings. The van der Waals surface area contributed by atoms with Crippen LogP contribution < -0.4 is 11.5 Å². The molecule has 0 aliphatic heterocycles. The Labute approximate surface area is 132 Å². The summed E-state index contributed by atoms with van der Waals surface area (Å²) in [6, 6.07) is 8.24. The Morgan fingerprint density at radius 1 is 1.24 bits per heavy atom. The maximum Gasteiger partial charge on any atom is 0.185 e. The lowest BCUT2D eigenvalue weighted by atomic mass is 10.3.